The molecular weight excluding hydrogens is 519 g/mol. The van der Waals surface area contributed by atoms with Crippen LogP contribution >= 0.6 is 23.2 Å². The fourth-order valence-corrected chi connectivity index (χ4v) is 3.34. The number of halogens is 2. The largest absolute Gasteiger partial charge is 0.490 e. The summed E-state index contributed by atoms with van der Waals surface area (Å²) in [6, 6.07) is 16.5. The van der Waals surface area contributed by atoms with Gasteiger partial charge in [-0.1, -0.05) is 35.3 Å². The van der Waals surface area contributed by atoms with E-state index in [9.17, 15) is 14.4 Å². The van der Waals surface area contributed by atoms with E-state index in [2.05, 4.69) is 21.2 Å². The highest BCUT2D eigenvalue weighted by Gasteiger charge is 2.13. The summed E-state index contributed by atoms with van der Waals surface area (Å²) in [6.45, 7) is 3.77. The minimum absolute atomic E-state index is 0.253. The number of hydrazone groups is 1. The summed E-state index contributed by atoms with van der Waals surface area (Å²) in [4.78, 5) is 36.3. The van der Waals surface area contributed by atoms with Gasteiger partial charge in [-0.05, 0) is 73.5 Å². The highest BCUT2D eigenvalue weighted by atomic mass is 35.5. The van der Waals surface area contributed by atoms with E-state index in [4.69, 9.17) is 32.7 Å². The van der Waals surface area contributed by atoms with Gasteiger partial charge in [0, 0.05) is 21.4 Å². The second-order valence-electron chi connectivity index (χ2n) is 7.60. The molecule has 0 atom stereocenters. The number of ether oxygens (including phenoxy) is 2. The standard InChI is InChI=1S/C26H24Cl2N4O5/c1-3-36-23-11-17(14-29-32-26(35)25(34)31-19-6-4-5-18(27)12-19)8-10-22(23)37-15-24(33)30-20-9-7-16(2)21(28)13-20/h4-14H,3,15H2,1-2H3,(H,30,33)(H,31,34)(H,32,35)/b29-14-. The number of anilines is 2. The molecule has 11 heteroatoms. The summed E-state index contributed by atoms with van der Waals surface area (Å²) < 4.78 is 11.2. The molecule has 37 heavy (non-hydrogen) atoms. The molecule has 3 aromatic carbocycles. The monoisotopic (exact) mass is 542 g/mol. The number of nitrogens with one attached hydrogen (secondary N) is 3. The molecule has 0 heterocycles. The molecule has 3 rings (SSSR count). The third kappa shape index (κ3) is 8.52. The van der Waals surface area contributed by atoms with Gasteiger partial charge in [-0.25, -0.2) is 5.43 Å². The van der Waals surface area contributed by atoms with Crippen molar-refractivity contribution in [3.8, 4) is 11.5 Å². The first-order valence-corrected chi connectivity index (χ1v) is 11.9. The van der Waals surface area contributed by atoms with Crippen molar-refractivity contribution in [1.82, 2.24) is 5.43 Å². The maximum absolute atomic E-state index is 12.3. The van der Waals surface area contributed by atoms with E-state index < -0.39 is 11.8 Å². The van der Waals surface area contributed by atoms with Gasteiger partial charge < -0.3 is 20.1 Å². The van der Waals surface area contributed by atoms with Gasteiger partial charge in [0.2, 0.25) is 0 Å². The van der Waals surface area contributed by atoms with Crippen LogP contribution in [0.25, 0.3) is 0 Å². The fraction of sp³-hybridized carbons (Fsp3) is 0.154. The van der Waals surface area contributed by atoms with Crippen LogP contribution in [0.5, 0.6) is 11.5 Å². The normalized spacial score (nSPS) is 10.6. The molecule has 3 N–H and O–H groups in total. The summed E-state index contributed by atoms with van der Waals surface area (Å²) >= 11 is 12.0. The van der Waals surface area contributed by atoms with Crippen molar-refractivity contribution in [3.63, 3.8) is 0 Å². The van der Waals surface area contributed by atoms with Crippen LogP contribution in [-0.4, -0.2) is 37.1 Å². The van der Waals surface area contributed by atoms with Gasteiger partial charge >= 0.3 is 11.8 Å². The molecule has 0 spiro atoms. The van der Waals surface area contributed by atoms with Gasteiger partial charge in [0.05, 0.1) is 12.8 Å². The van der Waals surface area contributed by atoms with Crippen molar-refractivity contribution < 1.29 is 23.9 Å². The SMILES string of the molecule is CCOc1cc(/C=N\NC(=O)C(=O)Nc2cccc(Cl)c2)ccc1OCC(=O)Nc1ccc(C)c(Cl)c1. The molecule has 3 amide bonds. The van der Waals surface area contributed by atoms with E-state index in [1.807, 2.05) is 6.92 Å². The zero-order valence-electron chi connectivity index (χ0n) is 20.0. The summed E-state index contributed by atoms with van der Waals surface area (Å²) in [5, 5.41) is 9.92. The molecule has 0 aliphatic rings. The van der Waals surface area contributed by atoms with Crippen LogP contribution in [0.2, 0.25) is 10.0 Å². The first-order chi connectivity index (χ1) is 17.7. The minimum atomic E-state index is -0.956. The van der Waals surface area contributed by atoms with Crippen LogP contribution in [0.3, 0.4) is 0 Å². The molecule has 9 nitrogen and oxygen atoms in total. The van der Waals surface area contributed by atoms with Gasteiger partial charge in [0.25, 0.3) is 5.91 Å². The topological polar surface area (TPSA) is 118 Å². The van der Waals surface area contributed by atoms with Crippen LogP contribution < -0.4 is 25.5 Å². The van der Waals surface area contributed by atoms with Crippen molar-refractivity contribution in [2.75, 3.05) is 23.8 Å². The lowest BCUT2D eigenvalue weighted by Crippen LogP contribution is -2.32. The van der Waals surface area contributed by atoms with Crippen molar-refractivity contribution in [3.05, 3.63) is 81.8 Å². The number of hydrogen-bond donors (Lipinski definition) is 3. The Morgan fingerprint density at radius 3 is 2.41 bits per heavy atom. The number of rotatable bonds is 9. The molecule has 0 fully saturated rings. The Balaban J connectivity index is 1.56. The first kappa shape index (κ1) is 27.5. The Hall–Kier alpha value is -4.08. The number of hydrogen-bond acceptors (Lipinski definition) is 6. The minimum Gasteiger partial charge on any atom is -0.490 e. The molecule has 0 saturated carbocycles. The molecule has 0 aliphatic heterocycles. The molecule has 0 radical (unpaired) electrons. The Morgan fingerprint density at radius 1 is 0.892 bits per heavy atom. The van der Waals surface area contributed by atoms with Crippen LogP contribution in [0, 0.1) is 6.92 Å². The van der Waals surface area contributed by atoms with Crippen LogP contribution in [0.4, 0.5) is 11.4 Å². The van der Waals surface area contributed by atoms with E-state index in [1.165, 1.54) is 12.3 Å². The van der Waals surface area contributed by atoms with E-state index in [1.54, 1.807) is 61.5 Å². The van der Waals surface area contributed by atoms with Crippen LogP contribution in [-0.2, 0) is 14.4 Å². The van der Waals surface area contributed by atoms with Gasteiger partial charge in [-0.15, -0.1) is 0 Å². The molecule has 0 aromatic heterocycles. The lowest BCUT2D eigenvalue weighted by atomic mass is 10.2. The molecule has 3 aromatic rings. The third-order valence-electron chi connectivity index (χ3n) is 4.75. The Kier molecular flexibility index (Phi) is 9.88. The molecule has 0 aliphatic carbocycles. The second kappa shape index (κ2) is 13.3. The maximum atomic E-state index is 12.3. The van der Waals surface area contributed by atoms with Gasteiger partial charge in [-0.3, -0.25) is 14.4 Å². The average Bonchev–Trinajstić information content (AvgIpc) is 2.86. The number of carbonyl (C=O) groups excluding carboxylic acids is 3. The predicted octanol–water partition coefficient (Wildman–Crippen LogP) is 4.81. The smallest absolute Gasteiger partial charge is 0.329 e. The molecular formula is C26H24Cl2N4O5. The number of nitrogens with zero attached hydrogens (tertiary/aromatic N) is 1. The van der Waals surface area contributed by atoms with Crippen molar-refractivity contribution in [2.24, 2.45) is 5.10 Å². The number of aryl methyl sites for hydroxylation is 1. The highest BCUT2D eigenvalue weighted by Crippen LogP contribution is 2.28. The molecule has 0 bridgehead atoms. The van der Waals surface area contributed by atoms with Gasteiger partial charge in [0.1, 0.15) is 0 Å². The quantitative estimate of drug-likeness (QED) is 0.204. The lowest BCUT2D eigenvalue weighted by molar-refractivity contribution is -0.136. The zero-order valence-corrected chi connectivity index (χ0v) is 21.5. The molecule has 0 unspecified atom stereocenters. The second-order valence-corrected chi connectivity index (χ2v) is 8.45. The molecule has 192 valence electrons. The molecule has 0 saturated heterocycles. The average molecular weight is 543 g/mol. The van der Waals surface area contributed by atoms with Gasteiger partial charge in [-0.2, -0.15) is 5.10 Å². The van der Waals surface area contributed by atoms with Crippen molar-refractivity contribution >= 4 is 58.5 Å². The summed E-state index contributed by atoms with van der Waals surface area (Å²) in [5.41, 5.74) is 4.56. The lowest BCUT2D eigenvalue weighted by Gasteiger charge is -2.13. The summed E-state index contributed by atoms with van der Waals surface area (Å²) in [7, 11) is 0. The van der Waals surface area contributed by atoms with Crippen molar-refractivity contribution in [1.29, 1.82) is 0 Å². The van der Waals surface area contributed by atoms with Crippen LogP contribution in [0.1, 0.15) is 18.1 Å². The van der Waals surface area contributed by atoms with E-state index in [0.717, 1.165) is 5.56 Å². The predicted molar refractivity (Wildman–Crippen MR) is 144 cm³/mol. The maximum Gasteiger partial charge on any atom is 0.329 e. The Morgan fingerprint density at radius 2 is 1.68 bits per heavy atom. The van der Waals surface area contributed by atoms with E-state index in [-0.39, 0.29) is 12.5 Å². The zero-order chi connectivity index (χ0) is 26.8. The number of amides is 3. The van der Waals surface area contributed by atoms with E-state index in [0.29, 0.717) is 45.1 Å². The summed E-state index contributed by atoms with van der Waals surface area (Å²) in [6.07, 6.45) is 1.34. The van der Waals surface area contributed by atoms with Crippen molar-refractivity contribution in [2.45, 2.75) is 13.8 Å². The van der Waals surface area contributed by atoms with Crippen LogP contribution in [0.15, 0.2) is 65.8 Å². The number of benzene rings is 3. The third-order valence-corrected chi connectivity index (χ3v) is 5.39. The summed E-state index contributed by atoms with van der Waals surface area (Å²) in [5.74, 6) is -1.50. The Bertz CT molecular complexity index is 1330. The fourth-order valence-electron chi connectivity index (χ4n) is 2.97. The van der Waals surface area contributed by atoms with E-state index >= 15 is 0 Å². The van der Waals surface area contributed by atoms with Gasteiger partial charge in [0.15, 0.2) is 18.1 Å². The highest BCUT2D eigenvalue weighted by molar-refractivity contribution is 6.39. The first-order valence-electron chi connectivity index (χ1n) is 11.1. The number of carbonyl (C=O) groups is 3. The Labute approximate surface area is 223 Å².